The van der Waals surface area contributed by atoms with Crippen molar-refractivity contribution < 1.29 is 9.47 Å². The molecule has 2 aromatic rings. The van der Waals surface area contributed by atoms with Crippen molar-refractivity contribution in [1.29, 1.82) is 0 Å². The van der Waals surface area contributed by atoms with Crippen LogP contribution in [-0.4, -0.2) is 55.7 Å². The first-order valence-corrected chi connectivity index (χ1v) is 10.5. The van der Waals surface area contributed by atoms with E-state index in [0.29, 0.717) is 12.6 Å². The zero-order valence-electron chi connectivity index (χ0n) is 18.4. The number of nitrogens with zero attached hydrogens (tertiary/aromatic N) is 3. The summed E-state index contributed by atoms with van der Waals surface area (Å²) < 4.78 is 10.8. The molecule has 0 saturated carbocycles. The van der Waals surface area contributed by atoms with E-state index in [4.69, 9.17) is 14.5 Å². The lowest BCUT2D eigenvalue weighted by Gasteiger charge is -2.19. The van der Waals surface area contributed by atoms with E-state index in [9.17, 15) is 0 Å². The fourth-order valence-electron chi connectivity index (χ4n) is 3.66. The van der Waals surface area contributed by atoms with E-state index in [-0.39, 0.29) is 0 Å². The van der Waals surface area contributed by atoms with E-state index in [1.54, 1.807) is 14.2 Å². The molecule has 1 aromatic heterocycles. The van der Waals surface area contributed by atoms with Gasteiger partial charge in [-0.15, -0.1) is 0 Å². The second-order valence-corrected chi connectivity index (χ2v) is 7.55. The molecule has 7 nitrogen and oxygen atoms in total. The van der Waals surface area contributed by atoms with Crippen molar-refractivity contribution in [3.8, 4) is 11.5 Å². The van der Waals surface area contributed by atoms with E-state index in [1.165, 1.54) is 5.56 Å². The molecule has 1 aliphatic heterocycles. The summed E-state index contributed by atoms with van der Waals surface area (Å²) in [6, 6.07) is 10.4. The normalized spacial score (nSPS) is 17.1. The van der Waals surface area contributed by atoms with Crippen molar-refractivity contribution in [2.45, 2.75) is 39.4 Å². The third-order valence-electron chi connectivity index (χ3n) is 5.28. The lowest BCUT2D eigenvalue weighted by molar-refractivity contribution is 0.321. The van der Waals surface area contributed by atoms with Crippen LogP contribution in [0.15, 0.2) is 41.5 Å². The van der Waals surface area contributed by atoms with Gasteiger partial charge < -0.3 is 20.1 Å². The highest BCUT2D eigenvalue weighted by atomic mass is 16.5. The van der Waals surface area contributed by atoms with Gasteiger partial charge in [0, 0.05) is 44.5 Å². The Labute approximate surface area is 179 Å². The fourth-order valence-corrected chi connectivity index (χ4v) is 3.66. The van der Waals surface area contributed by atoms with E-state index in [0.717, 1.165) is 61.3 Å². The van der Waals surface area contributed by atoms with Gasteiger partial charge in [-0.25, -0.2) is 4.99 Å². The number of aromatic nitrogens is 1. The summed E-state index contributed by atoms with van der Waals surface area (Å²) in [4.78, 5) is 11.6. The van der Waals surface area contributed by atoms with Gasteiger partial charge in [-0.05, 0) is 49.6 Å². The Bertz CT molecular complexity index is 833. The molecule has 2 N–H and O–H groups in total. The molecule has 1 unspecified atom stereocenters. The van der Waals surface area contributed by atoms with Crippen molar-refractivity contribution in [2.75, 3.05) is 33.9 Å². The maximum Gasteiger partial charge on any atom is 0.191 e. The SMILES string of the molecule is CCNC(=NCc1ncccc1C)NC1CCN(Cc2cc(OC)cc(OC)c2)C1. The number of aliphatic imine (C=N–C) groups is 1. The molecule has 7 heteroatoms. The number of nitrogens with one attached hydrogen (secondary N) is 2. The minimum Gasteiger partial charge on any atom is -0.497 e. The summed E-state index contributed by atoms with van der Waals surface area (Å²) >= 11 is 0. The summed E-state index contributed by atoms with van der Waals surface area (Å²) in [5, 5.41) is 6.94. The summed E-state index contributed by atoms with van der Waals surface area (Å²) in [6.07, 6.45) is 2.90. The van der Waals surface area contributed by atoms with E-state index < -0.39 is 0 Å². The molecular formula is C23H33N5O2. The minimum absolute atomic E-state index is 0.361. The lowest BCUT2D eigenvalue weighted by Crippen LogP contribution is -2.44. The van der Waals surface area contributed by atoms with Crippen LogP contribution in [0.3, 0.4) is 0 Å². The Hall–Kier alpha value is -2.80. The molecule has 0 bridgehead atoms. The topological polar surface area (TPSA) is 71.0 Å². The van der Waals surface area contributed by atoms with Crippen molar-refractivity contribution in [1.82, 2.24) is 20.5 Å². The third kappa shape index (κ3) is 6.10. The summed E-state index contributed by atoms with van der Waals surface area (Å²) in [6.45, 7) is 8.42. The average molecular weight is 412 g/mol. The number of pyridine rings is 1. The largest absolute Gasteiger partial charge is 0.497 e. The first-order valence-electron chi connectivity index (χ1n) is 10.5. The van der Waals surface area contributed by atoms with Gasteiger partial charge in [0.05, 0.1) is 26.5 Å². The molecule has 2 heterocycles. The maximum absolute atomic E-state index is 5.39. The van der Waals surface area contributed by atoms with Crippen molar-refractivity contribution in [3.63, 3.8) is 0 Å². The molecule has 1 atom stereocenters. The van der Waals surface area contributed by atoms with Crippen LogP contribution in [0.1, 0.15) is 30.2 Å². The zero-order chi connectivity index (χ0) is 21.3. The molecule has 1 aromatic carbocycles. The Morgan fingerprint density at radius 3 is 2.67 bits per heavy atom. The van der Waals surface area contributed by atoms with Crippen molar-refractivity contribution in [2.24, 2.45) is 4.99 Å². The van der Waals surface area contributed by atoms with Crippen LogP contribution in [0.25, 0.3) is 0 Å². The molecule has 1 aliphatic rings. The predicted octanol–water partition coefficient (Wildman–Crippen LogP) is 2.74. The van der Waals surface area contributed by atoms with Gasteiger partial charge in [0.25, 0.3) is 0 Å². The molecule has 30 heavy (non-hydrogen) atoms. The molecule has 0 radical (unpaired) electrons. The zero-order valence-corrected chi connectivity index (χ0v) is 18.4. The highest BCUT2D eigenvalue weighted by molar-refractivity contribution is 5.80. The number of ether oxygens (including phenoxy) is 2. The Balaban J connectivity index is 1.58. The quantitative estimate of drug-likeness (QED) is 0.514. The van der Waals surface area contributed by atoms with Gasteiger partial charge >= 0.3 is 0 Å². The van der Waals surface area contributed by atoms with Gasteiger partial charge in [0.2, 0.25) is 0 Å². The third-order valence-corrected chi connectivity index (χ3v) is 5.28. The summed E-state index contributed by atoms with van der Waals surface area (Å²) in [5.74, 6) is 2.49. The molecule has 1 saturated heterocycles. The highest BCUT2D eigenvalue weighted by Gasteiger charge is 2.23. The van der Waals surface area contributed by atoms with Crippen LogP contribution in [0, 0.1) is 6.92 Å². The van der Waals surface area contributed by atoms with Gasteiger partial charge in [0.1, 0.15) is 11.5 Å². The highest BCUT2D eigenvalue weighted by Crippen LogP contribution is 2.24. The molecule has 0 amide bonds. The Morgan fingerprint density at radius 2 is 2.00 bits per heavy atom. The molecule has 1 fully saturated rings. The number of methoxy groups -OCH3 is 2. The summed E-state index contributed by atoms with van der Waals surface area (Å²) in [5.41, 5.74) is 3.37. The number of likely N-dealkylation sites (tertiary alicyclic amines) is 1. The number of hydrogen-bond donors (Lipinski definition) is 2. The smallest absolute Gasteiger partial charge is 0.191 e. The van der Waals surface area contributed by atoms with Crippen LogP contribution in [0.5, 0.6) is 11.5 Å². The maximum atomic E-state index is 5.39. The molecule has 0 aliphatic carbocycles. The van der Waals surface area contributed by atoms with Crippen molar-refractivity contribution >= 4 is 5.96 Å². The lowest BCUT2D eigenvalue weighted by atomic mass is 10.2. The van der Waals surface area contributed by atoms with Gasteiger partial charge in [0.15, 0.2) is 5.96 Å². The average Bonchev–Trinajstić information content (AvgIpc) is 3.19. The fraction of sp³-hybridized carbons (Fsp3) is 0.478. The van der Waals surface area contributed by atoms with Crippen molar-refractivity contribution in [3.05, 3.63) is 53.3 Å². The first-order chi connectivity index (χ1) is 14.6. The van der Waals surface area contributed by atoms with Crippen LogP contribution >= 0.6 is 0 Å². The minimum atomic E-state index is 0.361. The van der Waals surface area contributed by atoms with Gasteiger partial charge in [-0.2, -0.15) is 0 Å². The van der Waals surface area contributed by atoms with Crippen LogP contribution in [0.2, 0.25) is 0 Å². The van der Waals surface area contributed by atoms with Gasteiger partial charge in [-0.3, -0.25) is 9.88 Å². The second kappa shape index (κ2) is 10.8. The van der Waals surface area contributed by atoms with Crippen LogP contribution in [0.4, 0.5) is 0 Å². The van der Waals surface area contributed by atoms with Crippen LogP contribution < -0.4 is 20.1 Å². The Morgan fingerprint density at radius 1 is 1.23 bits per heavy atom. The number of hydrogen-bond acceptors (Lipinski definition) is 5. The number of aryl methyl sites for hydroxylation is 1. The van der Waals surface area contributed by atoms with Gasteiger partial charge in [-0.1, -0.05) is 6.07 Å². The molecule has 0 spiro atoms. The Kier molecular flexibility index (Phi) is 7.90. The molecule has 162 valence electrons. The molecular weight excluding hydrogens is 378 g/mol. The van der Waals surface area contributed by atoms with E-state index in [2.05, 4.69) is 52.6 Å². The number of guanidine groups is 1. The first kappa shape index (κ1) is 21.9. The summed E-state index contributed by atoms with van der Waals surface area (Å²) in [7, 11) is 3.37. The van der Waals surface area contributed by atoms with E-state index >= 15 is 0 Å². The monoisotopic (exact) mass is 411 g/mol. The van der Waals surface area contributed by atoms with E-state index in [1.807, 2.05) is 18.3 Å². The number of rotatable bonds is 8. The van der Waals surface area contributed by atoms with Crippen LogP contribution in [-0.2, 0) is 13.1 Å². The standard InChI is InChI=1S/C23H33N5O2/c1-5-24-23(26-14-22-17(2)7-6-9-25-22)27-19-8-10-28(16-19)15-18-11-20(29-3)13-21(12-18)30-4/h6-7,9,11-13,19H,5,8,10,14-16H2,1-4H3,(H2,24,26,27). The second-order valence-electron chi connectivity index (χ2n) is 7.55. The molecule has 3 rings (SSSR count). The number of benzene rings is 1. The predicted molar refractivity (Wildman–Crippen MR) is 120 cm³/mol.